The van der Waals surface area contributed by atoms with Gasteiger partial charge in [-0.3, -0.25) is 14.0 Å². The summed E-state index contributed by atoms with van der Waals surface area (Å²) in [5.74, 6) is -2.30. The molecule has 31 heavy (non-hydrogen) atoms. The Labute approximate surface area is 181 Å². The van der Waals surface area contributed by atoms with Gasteiger partial charge in [0.2, 0.25) is 0 Å². The van der Waals surface area contributed by atoms with Crippen LogP contribution in [0, 0.1) is 24.4 Å². The Hall–Kier alpha value is -3.04. The third kappa shape index (κ3) is 5.36. The molecule has 0 saturated heterocycles. The first-order valence-electron chi connectivity index (χ1n) is 9.17. The predicted molar refractivity (Wildman–Crippen MR) is 114 cm³/mol. The van der Waals surface area contributed by atoms with E-state index in [0.29, 0.717) is 17.7 Å². The molecule has 1 amide bonds. The zero-order valence-electron chi connectivity index (χ0n) is 16.8. The van der Waals surface area contributed by atoms with Gasteiger partial charge in [0.1, 0.15) is 23.1 Å². The zero-order chi connectivity index (χ0) is 21.8. The Morgan fingerprint density at radius 1 is 1.06 bits per heavy atom. The average Bonchev–Trinajstić information content (AvgIpc) is 2.72. The summed E-state index contributed by atoms with van der Waals surface area (Å²) in [5.41, 5.74) is 0.947. The Kier molecular flexibility index (Phi) is 8.07. The van der Waals surface area contributed by atoms with Gasteiger partial charge in [-0.1, -0.05) is 0 Å². The molecule has 0 aliphatic carbocycles. The molecule has 0 saturated carbocycles. The van der Waals surface area contributed by atoms with Crippen LogP contribution in [-0.2, 0) is 10.8 Å². The van der Waals surface area contributed by atoms with Crippen LogP contribution in [0.4, 0.5) is 13.2 Å². The maximum Gasteiger partial charge on any atom is 0.269 e. The van der Waals surface area contributed by atoms with E-state index in [1.165, 1.54) is 24.4 Å². The molecule has 0 fully saturated rings. The highest BCUT2D eigenvalue weighted by Crippen LogP contribution is 2.35. The second-order valence-corrected chi connectivity index (χ2v) is 8.12. The van der Waals surface area contributed by atoms with Crippen molar-refractivity contribution >= 4 is 16.7 Å². The number of aromatic nitrogens is 1. The average molecular weight is 452 g/mol. The Morgan fingerprint density at radius 2 is 1.71 bits per heavy atom. The molecule has 0 aliphatic rings. The van der Waals surface area contributed by atoms with Gasteiger partial charge in [0.15, 0.2) is 0 Å². The number of halogens is 3. The monoisotopic (exact) mass is 452 g/mol. The quantitative estimate of drug-likeness (QED) is 0.616. The van der Waals surface area contributed by atoms with Crippen LogP contribution in [-0.4, -0.2) is 27.1 Å². The summed E-state index contributed by atoms with van der Waals surface area (Å²) in [4.78, 5) is 16.4. The standard InChI is InChI=1S/C22H19F3N2O2S.H2O.H2/c1-3-26-22(28)20-10-13(2)18(12-27-20)21(17-11-15(24)6-9-19(17)25)30(29)16-7-4-14(23)5-8-16;;/h4-12,21H,3H2,1-2H3,(H,26,28);1H2;1H. The van der Waals surface area contributed by atoms with Crippen LogP contribution in [0.1, 0.15) is 40.8 Å². The third-order valence-electron chi connectivity index (χ3n) is 4.50. The van der Waals surface area contributed by atoms with Crippen molar-refractivity contribution in [1.82, 2.24) is 10.3 Å². The number of carbonyl (C=O) groups is 1. The van der Waals surface area contributed by atoms with Gasteiger partial charge in [-0.2, -0.15) is 0 Å². The van der Waals surface area contributed by atoms with Crippen molar-refractivity contribution in [1.29, 1.82) is 0 Å². The van der Waals surface area contributed by atoms with Gasteiger partial charge in [-0.25, -0.2) is 13.2 Å². The summed E-state index contributed by atoms with van der Waals surface area (Å²) >= 11 is 0. The van der Waals surface area contributed by atoms with Crippen LogP contribution in [0.2, 0.25) is 0 Å². The number of nitrogens with one attached hydrogen (secondary N) is 1. The van der Waals surface area contributed by atoms with E-state index in [1.54, 1.807) is 13.8 Å². The Bertz CT molecular complexity index is 1110. The van der Waals surface area contributed by atoms with Crippen LogP contribution < -0.4 is 5.32 Å². The molecule has 2 aromatic carbocycles. The summed E-state index contributed by atoms with van der Waals surface area (Å²) in [7, 11) is -1.89. The molecule has 0 spiro atoms. The lowest BCUT2D eigenvalue weighted by Gasteiger charge is -2.20. The van der Waals surface area contributed by atoms with Gasteiger partial charge in [-0.15, -0.1) is 0 Å². The van der Waals surface area contributed by atoms with Crippen molar-refractivity contribution in [3.05, 3.63) is 94.6 Å². The zero-order valence-corrected chi connectivity index (χ0v) is 17.6. The van der Waals surface area contributed by atoms with Crippen LogP contribution >= 0.6 is 0 Å². The number of hydrogen-bond donors (Lipinski definition) is 1. The van der Waals surface area contributed by atoms with E-state index in [2.05, 4.69) is 10.3 Å². The van der Waals surface area contributed by atoms with Crippen LogP contribution in [0.5, 0.6) is 0 Å². The van der Waals surface area contributed by atoms with E-state index in [-0.39, 0.29) is 29.0 Å². The van der Waals surface area contributed by atoms with Crippen molar-refractivity contribution in [2.45, 2.75) is 24.0 Å². The molecule has 166 valence electrons. The molecule has 0 bridgehead atoms. The molecule has 5 nitrogen and oxygen atoms in total. The van der Waals surface area contributed by atoms with Crippen molar-refractivity contribution in [3.8, 4) is 0 Å². The highest BCUT2D eigenvalue weighted by Gasteiger charge is 2.28. The predicted octanol–water partition coefficient (Wildman–Crippen LogP) is 3.88. The minimum absolute atomic E-state index is 0. The number of amides is 1. The van der Waals surface area contributed by atoms with E-state index in [1.807, 2.05) is 0 Å². The molecule has 0 radical (unpaired) electrons. The van der Waals surface area contributed by atoms with E-state index in [4.69, 9.17) is 0 Å². The third-order valence-corrected chi connectivity index (χ3v) is 6.18. The molecule has 0 aliphatic heterocycles. The lowest BCUT2D eigenvalue weighted by atomic mass is 10.0. The first-order valence-corrected chi connectivity index (χ1v) is 10.4. The summed E-state index contributed by atoms with van der Waals surface area (Å²) in [5, 5.41) is 1.52. The van der Waals surface area contributed by atoms with Gasteiger partial charge in [-0.05, 0) is 73.5 Å². The fourth-order valence-corrected chi connectivity index (χ4v) is 4.60. The minimum Gasteiger partial charge on any atom is -0.412 e. The second kappa shape index (κ2) is 10.3. The normalized spacial score (nSPS) is 12.5. The molecule has 3 aromatic rings. The summed E-state index contributed by atoms with van der Waals surface area (Å²) in [6.45, 7) is 3.87. The highest BCUT2D eigenvalue weighted by atomic mass is 32.2. The molecule has 1 heterocycles. The van der Waals surface area contributed by atoms with Crippen LogP contribution in [0.15, 0.2) is 59.6 Å². The first kappa shape index (κ1) is 24.2. The number of rotatable bonds is 6. The smallest absolute Gasteiger partial charge is 0.269 e. The molecule has 2 unspecified atom stereocenters. The van der Waals surface area contributed by atoms with E-state index in [9.17, 15) is 22.2 Å². The van der Waals surface area contributed by atoms with Gasteiger partial charge < -0.3 is 10.8 Å². The van der Waals surface area contributed by atoms with Crippen LogP contribution in [0.3, 0.4) is 0 Å². The summed E-state index contributed by atoms with van der Waals surface area (Å²) < 4.78 is 55.2. The SMILES string of the molecule is CCNC(=O)c1cc(C)c(C(c2cc(F)ccc2F)S(=O)c2ccc(F)cc2)cn1.O.[HH]. The lowest BCUT2D eigenvalue weighted by Crippen LogP contribution is -2.24. The number of hydrogen-bond acceptors (Lipinski definition) is 3. The Morgan fingerprint density at radius 3 is 2.32 bits per heavy atom. The number of pyridine rings is 1. The van der Waals surface area contributed by atoms with Gasteiger partial charge in [0, 0.05) is 24.6 Å². The Balaban J connectivity index is 0.00000256. The molecule has 1 aromatic heterocycles. The lowest BCUT2D eigenvalue weighted by molar-refractivity contribution is 0.0950. The van der Waals surface area contributed by atoms with E-state index >= 15 is 0 Å². The summed E-state index contributed by atoms with van der Waals surface area (Å²) in [6, 6.07) is 9.39. The van der Waals surface area contributed by atoms with Gasteiger partial charge in [0.25, 0.3) is 5.91 Å². The molecular formula is C22H23F3N2O3S. The fraction of sp³-hybridized carbons (Fsp3) is 0.182. The first-order chi connectivity index (χ1) is 14.3. The number of carbonyl (C=O) groups excluding carboxylic acids is 1. The summed E-state index contributed by atoms with van der Waals surface area (Å²) in [6.07, 6.45) is 1.34. The van der Waals surface area contributed by atoms with E-state index < -0.39 is 33.5 Å². The van der Waals surface area contributed by atoms with Crippen molar-refractivity contribution < 1.29 is 29.1 Å². The number of nitrogens with zero attached hydrogens (tertiary/aromatic N) is 1. The maximum absolute atomic E-state index is 14.6. The molecule has 3 N–H and O–H groups in total. The van der Waals surface area contributed by atoms with Crippen LogP contribution in [0.25, 0.3) is 0 Å². The largest absolute Gasteiger partial charge is 0.412 e. The molecule has 9 heteroatoms. The van der Waals surface area contributed by atoms with E-state index in [0.717, 1.165) is 30.3 Å². The highest BCUT2D eigenvalue weighted by molar-refractivity contribution is 7.85. The van der Waals surface area contributed by atoms with Crippen molar-refractivity contribution in [3.63, 3.8) is 0 Å². The topological polar surface area (TPSA) is 90.6 Å². The number of aryl methyl sites for hydroxylation is 1. The number of benzene rings is 2. The fourth-order valence-electron chi connectivity index (χ4n) is 3.03. The van der Waals surface area contributed by atoms with Gasteiger partial charge >= 0.3 is 0 Å². The molecular weight excluding hydrogens is 429 g/mol. The van der Waals surface area contributed by atoms with Gasteiger partial charge in [0.05, 0.1) is 16.0 Å². The van der Waals surface area contributed by atoms with Crippen molar-refractivity contribution in [2.75, 3.05) is 6.54 Å². The molecule has 3 rings (SSSR count). The maximum atomic E-state index is 14.6. The second-order valence-electron chi connectivity index (χ2n) is 6.58. The molecule has 2 atom stereocenters. The minimum atomic E-state index is -1.89. The van der Waals surface area contributed by atoms with Crippen molar-refractivity contribution in [2.24, 2.45) is 0 Å².